The van der Waals surface area contributed by atoms with Gasteiger partial charge in [-0.3, -0.25) is 4.79 Å². The second-order valence-electron chi connectivity index (χ2n) is 3.17. The van der Waals surface area contributed by atoms with Crippen molar-refractivity contribution in [3.8, 4) is 10.9 Å². The van der Waals surface area contributed by atoms with E-state index in [0.717, 1.165) is 16.9 Å². The van der Waals surface area contributed by atoms with Crippen LogP contribution in [0.5, 0.6) is 10.9 Å². The van der Waals surface area contributed by atoms with Crippen molar-refractivity contribution in [3.05, 3.63) is 39.9 Å². The summed E-state index contributed by atoms with van der Waals surface area (Å²) in [6.07, 6.45) is 0.669. The highest BCUT2D eigenvalue weighted by molar-refractivity contribution is 7.15. The average Bonchev–Trinajstić information content (AvgIpc) is 2.62. The van der Waals surface area contributed by atoms with Crippen molar-refractivity contribution in [2.45, 2.75) is 6.92 Å². The van der Waals surface area contributed by atoms with E-state index in [0.29, 0.717) is 22.1 Å². The molecule has 1 aromatic heterocycles. The minimum Gasteiger partial charge on any atom is -0.431 e. The summed E-state index contributed by atoms with van der Waals surface area (Å²) in [6, 6.07) is 7.55. The number of carbonyl (C=O) groups excluding carboxylic acids is 1. The van der Waals surface area contributed by atoms with Crippen LogP contribution in [0.3, 0.4) is 0 Å². The molecule has 0 fully saturated rings. The summed E-state index contributed by atoms with van der Waals surface area (Å²) in [7, 11) is 0. The highest BCUT2D eigenvalue weighted by Gasteiger charge is 2.09. The fourth-order valence-electron chi connectivity index (χ4n) is 1.12. The van der Waals surface area contributed by atoms with Crippen LogP contribution < -0.4 is 4.74 Å². The number of halogens is 1. The molecule has 0 N–H and O–H groups in total. The molecular formula is C11H8ClNO2S. The van der Waals surface area contributed by atoms with E-state index in [2.05, 4.69) is 4.98 Å². The largest absolute Gasteiger partial charge is 0.431 e. The molecule has 0 aliphatic rings. The lowest BCUT2D eigenvalue weighted by molar-refractivity contribution is 0.112. The molecule has 0 aliphatic carbocycles. The molecule has 0 spiro atoms. The quantitative estimate of drug-likeness (QED) is 0.783. The number of hydrogen-bond donors (Lipinski definition) is 0. The van der Waals surface area contributed by atoms with E-state index in [9.17, 15) is 4.79 Å². The maximum absolute atomic E-state index is 10.6. The predicted octanol–water partition coefficient (Wildman–Crippen LogP) is 3.71. The van der Waals surface area contributed by atoms with Crippen LogP contribution in [0.4, 0.5) is 0 Å². The lowest BCUT2D eigenvalue weighted by atomic mass is 10.2. The van der Waals surface area contributed by atoms with Crippen LogP contribution in [0, 0.1) is 6.92 Å². The third kappa shape index (κ3) is 2.40. The first-order valence-electron chi connectivity index (χ1n) is 4.55. The van der Waals surface area contributed by atoms with Gasteiger partial charge in [0.05, 0.1) is 0 Å². The Hall–Kier alpha value is -1.39. The van der Waals surface area contributed by atoms with Gasteiger partial charge in [-0.25, -0.2) is 0 Å². The van der Waals surface area contributed by atoms with Gasteiger partial charge in [-0.15, -0.1) is 0 Å². The zero-order valence-corrected chi connectivity index (χ0v) is 10.0. The molecule has 3 nitrogen and oxygen atoms in total. The van der Waals surface area contributed by atoms with Gasteiger partial charge < -0.3 is 4.74 Å². The Labute approximate surface area is 102 Å². The monoisotopic (exact) mass is 253 g/mol. The van der Waals surface area contributed by atoms with Crippen molar-refractivity contribution < 1.29 is 9.53 Å². The molecule has 0 amide bonds. The van der Waals surface area contributed by atoms with Crippen molar-refractivity contribution in [1.82, 2.24) is 4.98 Å². The predicted molar refractivity (Wildman–Crippen MR) is 63.8 cm³/mol. The molecule has 82 valence electrons. The molecule has 0 atom stereocenters. The maximum Gasteiger partial charge on any atom is 0.280 e. The van der Waals surface area contributed by atoms with E-state index in [1.165, 1.54) is 0 Å². The number of aryl methyl sites for hydroxylation is 1. The topological polar surface area (TPSA) is 39.2 Å². The summed E-state index contributed by atoms with van der Waals surface area (Å²) < 4.78 is 5.46. The minimum atomic E-state index is 0.183. The molecule has 16 heavy (non-hydrogen) atoms. The van der Waals surface area contributed by atoms with Crippen LogP contribution in [0.15, 0.2) is 24.3 Å². The second kappa shape index (κ2) is 4.63. The number of carbonyl (C=O) groups is 1. The van der Waals surface area contributed by atoms with Gasteiger partial charge in [0, 0.05) is 0 Å². The molecular weight excluding hydrogens is 246 g/mol. The fraction of sp³-hybridized carbons (Fsp3) is 0.0909. The van der Waals surface area contributed by atoms with E-state index >= 15 is 0 Å². The lowest BCUT2D eigenvalue weighted by Crippen LogP contribution is -1.82. The minimum absolute atomic E-state index is 0.183. The van der Waals surface area contributed by atoms with Gasteiger partial charge in [-0.1, -0.05) is 40.6 Å². The van der Waals surface area contributed by atoms with Crippen LogP contribution in [-0.2, 0) is 0 Å². The summed E-state index contributed by atoms with van der Waals surface area (Å²) in [5, 5.41) is 0.554. The number of rotatable bonds is 3. The van der Waals surface area contributed by atoms with E-state index in [-0.39, 0.29) is 5.15 Å². The van der Waals surface area contributed by atoms with E-state index < -0.39 is 0 Å². The van der Waals surface area contributed by atoms with Crippen LogP contribution in [0.25, 0.3) is 0 Å². The third-order valence-corrected chi connectivity index (χ3v) is 3.18. The Kier molecular flexibility index (Phi) is 3.22. The highest BCUT2D eigenvalue weighted by Crippen LogP contribution is 2.30. The first-order chi connectivity index (χ1) is 7.69. The third-order valence-electron chi connectivity index (χ3n) is 1.92. The summed E-state index contributed by atoms with van der Waals surface area (Å²) in [5.74, 6) is 0.675. The Bertz CT molecular complexity index is 507. The highest BCUT2D eigenvalue weighted by atomic mass is 35.5. The van der Waals surface area contributed by atoms with E-state index in [4.69, 9.17) is 16.3 Å². The van der Waals surface area contributed by atoms with E-state index in [1.807, 2.05) is 31.2 Å². The average molecular weight is 254 g/mol. The normalized spacial score (nSPS) is 10.1. The van der Waals surface area contributed by atoms with Gasteiger partial charge in [0.1, 0.15) is 10.6 Å². The molecule has 0 saturated carbocycles. The molecule has 0 radical (unpaired) electrons. The first kappa shape index (κ1) is 11.1. The zero-order chi connectivity index (χ0) is 11.5. The van der Waals surface area contributed by atoms with E-state index in [1.54, 1.807) is 0 Å². The van der Waals surface area contributed by atoms with Gasteiger partial charge in [-0.05, 0) is 19.1 Å². The number of aldehydes is 1. The molecule has 0 bridgehead atoms. The molecule has 0 saturated heterocycles. The van der Waals surface area contributed by atoms with Crippen LogP contribution in [0.1, 0.15) is 15.2 Å². The number of nitrogens with zero attached hydrogens (tertiary/aromatic N) is 1. The number of hydrogen-bond acceptors (Lipinski definition) is 4. The van der Waals surface area contributed by atoms with Crippen LogP contribution in [-0.4, -0.2) is 11.3 Å². The van der Waals surface area contributed by atoms with Gasteiger partial charge in [-0.2, -0.15) is 4.98 Å². The number of benzene rings is 1. The van der Waals surface area contributed by atoms with Gasteiger partial charge in [0.15, 0.2) is 11.4 Å². The molecule has 0 aliphatic heterocycles. The molecule has 2 aromatic rings. The molecule has 1 heterocycles. The van der Waals surface area contributed by atoms with Gasteiger partial charge in [0.25, 0.3) is 5.19 Å². The van der Waals surface area contributed by atoms with Crippen LogP contribution >= 0.6 is 22.9 Å². The van der Waals surface area contributed by atoms with Gasteiger partial charge in [0.2, 0.25) is 0 Å². The Morgan fingerprint density at radius 2 is 2.06 bits per heavy atom. The van der Waals surface area contributed by atoms with Crippen molar-refractivity contribution >= 4 is 29.2 Å². The number of ether oxygens (including phenoxy) is 1. The summed E-state index contributed by atoms with van der Waals surface area (Å²) in [5.41, 5.74) is 1.15. The molecule has 2 rings (SSSR count). The van der Waals surface area contributed by atoms with Gasteiger partial charge >= 0.3 is 0 Å². The number of aromatic nitrogens is 1. The smallest absolute Gasteiger partial charge is 0.280 e. The van der Waals surface area contributed by atoms with Crippen LogP contribution in [0.2, 0.25) is 5.15 Å². The first-order valence-corrected chi connectivity index (χ1v) is 5.74. The molecule has 0 unspecified atom stereocenters. The van der Waals surface area contributed by atoms with Crippen molar-refractivity contribution in [2.24, 2.45) is 0 Å². The standard InChI is InChI=1S/C11H8ClNO2S/c1-7-2-4-8(5-3-7)15-11-13-10(12)9(6-14)16-11/h2-6H,1H3. The Morgan fingerprint density at radius 1 is 1.38 bits per heavy atom. The lowest BCUT2D eigenvalue weighted by Gasteiger charge is -2.00. The van der Waals surface area contributed by atoms with Crippen molar-refractivity contribution in [2.75, 3.05) is 0 Å². The fourth-order valence-corrected chi connectivity index (χ4v) is 2.05. The summed E-state index contributed by atoms with van der Waals surface area (Å²) in [4.78, 5) is 14.9. The Morgan fingerprint density at radius 3 is 2.62 bits per heavy atom. The zero-order valence-electron chi connectivity index (χ0n) is 8.44. The Balaban J connectivity index is 2.20. The number of thiazole rings is 1. The SMILES string of the molecule is Cc1ccc(Oc2nc(Cl)c(C=O)s2)cc1. The molecule has 1 aromatic carbocycles. The summed E-state index contributed by atoms with van der Waals surface area (Å²) >= 11 is 6.85. The van der Waals surface area contributed by atoms with Crippen molar-refractivity contribution in [1.29, 1.82) is 0 Å². The second-order valence-corrected chi connectivity index (χ2v) is 4.52. The molecule has 5 heteroatoms. The summed E-state index contributed by atoms with van der Waals surface area (Å²) in [6.45, 7) is 1.99. The maximum atomic E-state index is 10.6. The van der Waals surface area contributed by atoms with Crippen molar-refractivity contribution in [3.63, 3.8) is 0 Å².